The third-order valence-electron chi connectivity index (χ3n) is 4.13. The highest BCUT2D eigenvalue weighted by atomic mass is 19.1. The number of rotatable bonds is 4. The molecule has 0 bridgehead atoms. The van der Waals surface area contributed by atoms with E-state index in [0.717, 1.165) is 39.0 Å². The lowest BCUT2D eigenvalue weighted by Crippen LogP contribution is -2.43. The van der Waals surface area contributed by atoms with Gasteiger partial charge in [-0.3, -0.25) is 0 Å². The number of benzene rings is 1. The molecular formula is C16H23FN2O2. The Morgan fingerprint density at radius 3 is 2.81 bits per heavy atom. The summed E-state index contributed by atoms with van der Waals surface area (Å²) in [6.45, 7) is 6.04. The summed E-state index contributed by atoms with van der Waals surface area (Å²) in [5.41, 5.74) is 0.662. The first-order chi connectivity index (χ1) is 10.2. The van der Waals surface area contributed by atoms with Gasteiger partial charge in [0.15, 0.2) is 0 Å². The molecule has 2 aliphatic heterocycles. The van der Waals surface area contributed by atoms with Crippen molar-refractivity contribution >= 4 is 5.69 Å². The van der Waals surface area contributed by atoms with Crippen molar-refractivity contribution in [3.05, 3.63) is 24.0 Å². The van der Waals surface area contributed by atoms with Crippen LogP contribution in [0.2, 0.25) is 0 Å². The van der Waals surface area contributed by atoms with Gasteiger partial charge in [-0.15, -0.1) is 0 Å². The largest absolute Gasteiger partial charge is 0.491 e. The van der Waals surface area contributed by atoms with Crippen LogP contribution in [-0.4, -0.2) is 45.0 Å². The zero-order valence-electron chi connectivity index (χ0n) is 12.5. The molecule has 2 unspecified atom stereocenters. The van der Waals surface area contributed by atoms with Crippen molar-refractivity contribution in [3.8, 4) is 5.75 Å². The van der Waals surface area contributed by atoms with Gasteiger partial charge >= 0.3 is 0 Å². The van der Waals surface area contributed by atoms with Gasteiger partial charge in [-0.05, 0) is 31.9 Å². The van der Waals surface area contributed by atoms with Crippen LogP contribution in [0.25, 0.3) is 0 Å². The number of halogens is 1. The Labute approximate surface area is 125 Å². The maximum Gasteiger partial charge on any atom is 0.150 e. The average molecular weight is 294 g/mol. The molecule has 0 spiro atoms. The molecule has 1 aromatic rings. The van der Waals surface area contributed by atoms with Crippen LogP contribution in [0.15, 0.2) is 18.2 Å². The zero-order chi connectivity index (χ0) is 14.7. The van der Waals surface area contributed by atoms with Crippen LogP contribution in [0.5, 0.6) is 5.75 Å². The molecule has 3 rings (SSSR count). The van der Waals surface area contributed by atoms with E-state index in [4.69, 9.17) is 9.47 Å². The van der Waals surface area contributed by atoms with E-state index in [1.165, 1.54) is 6.07 Å². The summed E-state index contributed by atoms with van der Waals surface area (Å²) >= 11 is 0. The van der Waals surface area contributed by atoms with Crippen LogP contribution in [0.1, 0.15) is 19.8 Å². The van der Waals surface area contributed by atoms with E-state index in [9.17, 15) is 4.39 Å². The van der Waals surface area contributed by atoms with Crippen LogP contribution in [0, 0.1) is 5.82 Å². The smallest absolute Gasteiger partial charge is 0.150 e. The highest BCUT2D eigenvalue weighted by molar-refractivity contribution is 5.51. The molecule has 2 fully saturated rings. The number of hydrogen-bond donors (Lipinski definition) is 1. The Bertz CT molecular complexity index is 477. The summed E-state index contributed by atoms with van der Waals surface area (Å²) in [4.78, 5) is 2.07. The fourth-order valence-electron chi connectivity index (χ4n) is 2.94. The van der Waals surface area contributed by atoms with Crippen LogP contribution in [0.4, 0.5) is 10.1 Å². The maximum atomic E-state index is 14.2. The van der Waals surface area contributed by atoms with E-state index in [0.29, 0.717) is 24.1 Å². The molecule has 0 aromatic heterocycles. The number of hydrogen-bond acceptors (Lipinski definition) is 4. The fraction of sp³-hybridized carbons (Fsp3) is 0.625. The van der Waals surface area contributed by atoms with Crippen molar-refractivity contribution in [3.63, 3.8) is 0 Å². The molecule has 5 heteroatoms. The number of ether oxygens (including phenoxy) is 2. The molecule has 116 valence electrons. The first-order valence-corrected chi connectivity index (χ1v) is 7.76. The first-order valence-electron chi connectivity index (χ1n) is 7.76. The van der Waals surface area contributed by atoms with Crippen molar-refractivity contribution in [1.29, 1.82) is 0 Å². The Morgan fingerprint density at radius 2 is 2.14 bits per heavy atom. The lowest BCUT2D eigenvalue weighted by molar-refractivity contribution is 0.0264. The van der Waals surface area contributed by atoms with Gasteiger partial charge in [-0.1, -0.05) is 0 Å². The van der Waals surface area contributed by atoms with Crippen molar-refractivity contribution in [2.45, 2.75) is 32.0 Å². The van der Waals surface area contributed by atoms with Gasteiger partial charge < -0.3 is 19.7 Å². The van der Waals surface area contributed by atoms with Gasteiger partial charge in [-0.2, -0.15) is 0 Å². The molecule has 1 aromatic carbocycles. The van der Waals surface area contributed by atoms with Gasteiger partial charge in [-0.25, -0.2) is 4.39 Å². The monoisotopic (exact) mass is 294 g/mol. The predicted molar refractivity (Wildman–Crippen MR) is 80.5 cm³/mol. The molecule has 0 aliphatic carbocycles. The van der Waals surface area contributed by atoms with E-state index in [1.807, 2.05) is 12.1 Å². The molecule has 2 atom stereocenters. The number of piperazine rings is 1. The molecule has 21 heavy (non-hydrogen) atoms. The molecule has 0 saturated carbocycles. The number of anilines is 1. The van der Waals surface area contributed by atoms with Gasteiger partial charge in [0.25, 0.3) is 0 Å². The molecule has 1 N–H and O–H groups in total. The SMILES string of the molecule is CC1CCC(COc2ccc(N3CCNCC3)c(F)c2)O1. The molecular weight excluding hydrogens is 271 g/mol. The topological polar surface area (TPSA) is 33.7 Å². The van der Waals surface area contributed by atoms with E-state index < -0.39 is 0 Å². The summed E-state index contributed by atoms with van der Waals surface area (Å²) in [5, 5.41) is 3.27. The van der Waals surface area contributed by atoms with Gasteiger partial charge in [0.1, 0.15) is 18.2 Å². The molecule has 2 heterocycles. The molecule has 2 aliphatic rings. The number of nitrogens with zero attached hydrogens (tertiary/aromatic N) is 1. The van der Waals surface area contributed by atoms with Crippen molar-refractivity contribution in [2.75, 3.05) is 37.7 Å². The van der Waals surface area contributed by atoms with E-state index >= 15 is 0 Å². The van der Waals surface area contributed by atoms with Crippen molar-refractivity contribution < 1.29 is 13.9 Å². The Morgan fingerprint density at radius 1 is 1.33 bits per heavy atom. The second kappa shape index (κ2) is 6.62. The molecule has 0 radical (unpaired) electrons. The van der Waals surface area contributed by atoms with E-state index in [-0.39, 0.29) is 11.9 Å². The summed E-state index contributed by atoms with van der Waals surface area (Å²) in [7, 11) is 0. The maximum absolute atomic E-state index is 14.2. The number of nitrogens with one attached hydrogen (secondary N) is 1. The Kier molecular flexibility index (Phi) is 4.60. The highest BCUT2D eigenvalue weighted by Crippen LogP contribution is 2.26. The summed E-state index contributed by atoms with van der Waals surface area (Å²) in [6, 6.07) is 5.14. The van der Waals surface area contributed by atoms with Gasteiger partial charge in [0, 0.05) is 32.2 Å². The summed E-state index contributed by atoms with van der Waals surface area (Å²) in [6.07, 6.45) is 2.54. The van der Waals surface area contributed by atoms with Gasteiger partial charge in [0.2, 0.25) is 0 Å². The van der Waals surface area contributed by atoms with Crippen molar-refractivity contribution in [1.82, 2.24) is 5.32 Å². The molecule has 2 saturated heterocycles. The highest BCUT2D eigenvalue weighted by Gasteiger charge is 2.22. The normalized spacial score (nSPS) is 26.1. The minimum Gasteiger partial charge on any atom is -0.491 e. The van der Waals surface area contributed by atoms with Crippen molar-refractivity contribution in [2.24, 2.45) is 0 Å². The van der Waals surface area contributed by atoms with E-state index in [1.54, 1.807) is 0 Å². The van der Waals surface area contributed by atoms with Crippen LogP contribution >= 0.6 is 0 Å². The lowest BCUT2D eigenvalue weighted by atomic mass is 10.2. The first kappa shape index (κ1) is 14.6. The second-order valence-electron chi connectivity index (χ2n) is 5.81. The Balaban J connectivity index is 1.58. The van der Waals surface area contributed by atoms with Crippen LogP contribution in [-0.2, 0) is 4.74 Å². The standard InChI is InChI=1S/C16H23FN2O2/c1-12-2-3-14(21-12)11-20-13-4-5-16(15(17)10-13)19-8-6-18-7-9-19/h4-5,10,12,14,18H,2-3,6-9,11H2,1H3. The predicted octanol–water partition coefficient (Wildman–Crippen LogP) is 2.18. The third-order valence-corrected chi connectivity index (χ3v) is 4.13. The van der Waals surface area contributed by atoms with Gasteiger partial charge in [0.05, 0.1) is 17.9 Å². The minimum atomic E-state index is -0.213. The quantitative estimate of drug-likeness (QED) is 0.923. The zero-order valence-corrected chi connectivity index (χ0v) is 12.5. The summed E-state index contributed by atoms with van der Waals surface area (Å²) < 4.78 is 25.6. The minimum absolute atomic E-state index is 0.135. The van der Waals surface area contributed by atoms with E-state index in [2.05, 4.69) is 17.1 Å². The molecule has 0 amide bonds. The Hall–Kier alpha value is -1.33. The average Bonchev–Trinajstić information content (AvgIpc) is 2.92. The second-order valence-corrected chi connectivity index (χ2v) is 5.81. The summed E-state index contributed by atoms with van der Waals surface area (Å²) in [5.74, 6) is 0.365. The van der Waals surface area contributed by atoms with Crippen LogP contribution in [0.3, 0.4) is 0 Å². The third kappa shape index (κ3) is 3.66. The fourth-order valence-corrected chi connectivity index (χ4v) is 2.94. The van der Waals surface area contributed by atoms with Crippen LogP contribution < -0.4 is 15.0 Å². The molecule has 4 nitrogen and oxygen atoms in total. The lowest BCUT2D eigenvalue weighted by Gasteiger charge is -2.29.